The second-order valence-corrected chi connectivity index (χ2v) is 11.1. The molecule has 0 saturated carbocycles. The summed E-state index contributed by atoms with van der Waals surface area (Å²) >= 11 is 3.40. The normalized spacial score (nSPS) is 18.8. The van der Waals surface area contributed by atoms with Gasteiger partial charge in [0.1, 0.15) is 4.75 Å². The van der Waals surface area contributed by atoms with Crippen LogP contribution in [-0.4, -0.2) is 47.0 Å². The van der Waals surface area contributed by atoms with E-state index in [9.17, 15) is 13.2 Å². The van der Waals surface area contributed by atoms with Crippen molar-refractivity contribution in [1.29, 1.82) is 0 Å². The third kappa shape index (κ3) is 3.64. The summed E-state index contributed by atoms with van der Waals surface area (Å²) < 4.78 is 28.3. The zero-order valence-corrected chi connectivity index (χ0v) is 19.8. The number of rotatable bonds is 4. The molecule has 160 valence electrons. The molecule has 0 saturated heterocycles. The van der Waals surface area contributed by atoms with Crippen LogP contribution in [0.15, 0.2) is 71.5 Å². The van der Waals surface area contributed by atoms with E-state index >= 15 is 0 Å². The second-order valence-electron chi connectivity index (χ2n) is 7.94. The van der Waals surface area contributed by atoms with Crippen LogP contribution in [0, 0.1) is 0 Å². The molecule has 2 heterocycles. The summed E-state index contributed by atoms with van der Waals surface area (Å²) in [5, 5.41) is 0.732. The highest BCUT2D eigenvalue weighted by molar-refractivity contribution is 9.11. The molecule has 0 N–H and O–H groups in total. The Bertz CT molecular complexity index is 1340. The van der Waals surface area contributed by atoms with E-state index in [0.717, 1.165) is 21.0 Å². The quantitative estimate of drug-likeness (QED) is 0.526. The van der Waals surface area contributed by atoms with Crippen molar-refractivity contribution in [3.8, 4) is 11.1 Å². The van der Waals surface area contributed by atoms with Gasteiger partial charge in [0.05, 0.1) is 0 Å². The van der Waals surface area contributed by atoms with Crippen molar-refractivity contribution in [2.24, 2.45) is 0 Å². The Kier molecular flexibility index (Phi) is 5.39. The van der Waals surface area contributed by atoms with Gasteiger partial charge in [-0.15, -0.1) is 0 Å². The first kappa shape index (κ1) is 21.5. The zero-order chi connectivity index (χ0) is 22.4. The highest BCUT2D eigenvalue weighted by atomic mass is 79.9. The van der Waals surface area contributed by atoms with Gasteiger partial charge in [-0.1, -0.05) is 40.2 Å². The van der Waals surface area contributed by atoms with Crippen molar-refractivity contribution < 1.29 is 13.2 Å². The largest absolute Gasteiger partial charge is 0.345 e. The number of benzene rings is 1. The van der Waals surface area contributed by atoms with Gasteiger partial charge in [0.2, 0.25) is 10.0 Å². The summed E-state index contributed by atoms with van der Waals surface area (Å²) in [7, 11) is -0.400. The van der Waals surface area contributed by atoms with Crippen LogP contribution in [0.4, 0.5) is 0 Å². The lowest BCUT2D eigenvalue weighted by Gasteiger charge is -2.27. The van der Waals surface area contributed by atoms with E-state index < -0.39 is 14.8 Å². The molecule has 1 atom stereocenters. The van der Waals surface area contributed by atoms with Crippen molar-refractivity contribution in [3.63, 3.8) is 0 Å². The predicted molar refractivity (Wildman–Crippen MR) is 127 cm³/mol. The van der Waals surface area contributed by atoms with Gasteiger partial charge in [-0.2, -0.15) is 0 Å². The van der Waals surface area contributed by atoms with Gasteiger partial charge in [0, 0.05) is 47.5 Å². The highest BCUT2D eigenvalue weighted by Crippen LogP contribution is 2.37. The molecule has 0 radical (unpaired) electrons. The number of aromatic nitrogens is 2. The van der Waals surface area contributed by atoms with Crippen molar-refractivity contribution in [2.45, 2.75) is 18.1 Å². The number of nitrogens with zero attached hydrogens (tertiary/aromatic N) is 3. The van der Waals surface area contributed by atoms with E-state index in [1.165, 1.54) is 8.87 Å². The van der Waals surface area contributed by atoms with E-state index in [4.69, 9.17) is 0 Å². The van der Waals surface area contributed by atoms with Crippen molar-refractivity contribution in [2.75, 3.05) is 14.1 Å². The lowest BCUT2D eigenvalue weighted by atomic mass is 10.0. The number of halogens is 1. The molecule has 0 spiro atoms. The Morgan fingerprint density at radius 3 is 2.55 bits per heavy atom. The van der Waals surface area contributed by atoms with E-state index in [0.29, 0.717) is 17.6 Å². The molecule has 0 aliphatic heterocycles. The van der Waals surface area contributed by atoms with Gasteiger partial charge >= 0.3 is 0 Å². The van der Waals surface area contributed by atoms with Gasteiger partial charge in [-0.05, 0) is 49.2 Å². The average molecular weight is 500 g/mol. The molecule has 0 bridgehead atoms. The molecule has 4 rings (SSSR count). The summed E-state index contributed by atoms with van der Waals surface area (Å²) in [6.45, 7) is 1.71. The molecular formula is C23H22BrN3O3S. The van der Waals surface area contributed by atoms with E-state index in [1.54, 1.807) is 57.7 Å². The monoisotopic (exact) mass is 499 g/mol. The van der Waals surface area contributed by atoms with Crippen LogP contribution in [0.5, 0.6) is 0 Å². The molecule has 1 amide bonds. The third-order valence-electron chi connectivity index (χ3n) is 5.47. The molecule has 1 aliphatic carbocycles. The molecule has 1 unspecified atom stereocenters. The minimum Gasteiger partial charge on any atom is -0.345 e. The number of pyridine rings is 1. The first-order valence-electron chi connectivity index (χ1n) is 9.72. The minimum atomic E-state index is -3.81. The number of amides is 1. The fraction of sp³-hybridized carbons (Fsp3) is 0.217. The molecule has 1 aromatic carbocycles. The summed E-state index contributed by atoms with van der Waals surface area (Å²) in [6, 6.07) is 10.8. The summed E-state index contributed by atoms with van der Waals surface area (Å²) in [6.07, 6.45) is 9.01. The van der Waals surface area contributed by atoms with E-state index in [1.807, 2.05) is 30.4 Å². The van der Waals surface area contributed by atoms with Crippen molar-refractivity contribution in [3.05, 3.63) is 77.1 Å². The lowest BCUT2D eigenvalue weighted by molar-refractivity contribution is 0.0827. The van der Waals surface area contributed by atoms with Gasteiger partial charge in [-0.3, -0.25) is 4.79 Å². The number of hydrogen-bond donors (Lipinski definition) is 0. The minimum absolute atomic E-state index is 0.0890. The first-order chi connectivity index (χ1) is 14.6. The zero-order valence-electron chi connectivity index (χ0n) is 17.4. The number of allylic oxidation sites excluding steroid dienone is 3. The maximum Gasteiger partial charge on any atom is 0.253 e. The van der Waals surface area contributed by atoms with E-state index in [-0.39, 0.29) is 5.91 Å². The first-order valence-corrected chi connectivity index (χ1v) is 12.0. The Hall–Kier alpha value is -2.71. The molecule has 31 heavy (non-hydrogen) atoms. The highest BCUT2D eigenvalue weighted by Gasteiger charge is 2.40. The van der Waals surface area contributed by atoms with Crippen LogP contribution in [-0.2, 0) is 10.0 Å². The standard InChI is InChI=1S/C23H22BrN3O3S/c1-23(12-4-6-18(24)14-23)31(29,30)27-15-20(19-7-5-13-25-21(19)27)16-8-10-17(11-9-16)22(28)26(2)3/h4-11,13-15H,12H2,1-3H3. The van der Waals surface area contributed by atoms with Gasteiger partial charge in [0.25, 0.3) is 5.91 Å². The van der Waals surface area contributed by atoms with Crippen LogP contribution < -0.4 is 0 Å². The number of hydrogen-bond acceptors (Lipinski definition) is 4. The lowest BCUT2D eigenvalue weighted by Crippen LogP contribution is -2.38. The number of carbonyl (C=O) groups is 1. The maximum absolute atomic E-state index is 13.7. The van der Waals surface area contributed by atoms with Crippen LogP contribution in [0.3, 0.4) is 0 Å². The van der Waals surface area contributed by atoms with Crippen LogP contribution in [0.1, 0.15) is 23.7 Å². The van der Waals surface area contributed by atoms with Gasteiger partial charge < -0.3 is 4.90 Å². The van der Waals surface area contributed by atoms with Crippen molar-refractivity contribution in [1.82, 2.24) is 13.9 Å². The van der Waals surface area contributed by atoms with Crippen molar-refractivity contribution >= 4 is 42.9 Å². The SMILES string of the molecule is CN(C)C(=O)c1ccc(-c2cn(S(=O)(=O)C3(C)C=C(Br)C=CC3)c3ncccc23)cc1. The molecule has 6 nitrogen and oxygen atoms in total. The maximum atomic E-state index is 13.7. The van der Waals surface area contributed by atoms with E-state index in [2.05, 4.69) is 20.9 Å². The smallest absolute Gasteiger partial charge is 0.253 e. The number of fused-ring (bicyclic) bond motifs is 1. The average Bonchev–Trinajstić information content (AvgIpc) is 3.13. The Balaban J connectivity index is 1.86. The van der Waals surface area contributed by atoms with Crippen LogP contribution in [0.2, 0.25) is 0 Å². The topological polar surface area (TPSA) is 72.3 Å². The summed E-state index contributed by atoms with van der Waals surface area (Å²) in [5.74, 6) is -0.0890. The predicted octanol–water partition coefficient (Wildman–Crippen LogP) is 4.58. The van der Waals surface area contributed by atoms with Gasteiger partial charge in [-0.25, -0.2) is 17.4 Å². The van der Waals surface area contributed by atoms with Crippen LogP contribution >= 0.6 is 15.9 Å². The molecule has 0 fully saturated rings. The molecule has 8 heteroatoms. The Labute approximate surface area is 190 Å². The fourth-order valence-corrected chi connectivity index (χ4v) is 6.20. The van der Waals surface area contributed by atoms with Crippen LogP contribution in [0.25, 0.3) is 22.2 Å². The Morgan fingerprint density at radius 1 is 1.19 bits per heavy atom. The molecular weight excluding hydrogens is 478 g/mol. The molecule has 3 aromatic rings. The second kappa shape index (κ2) is 7.76. The third-order valence-corrected chi connectivity index (χ3v) is 8.23. The fourth-order valence-electron chi connectivity index (χ4n) is 3.70. The Morgan fingerprint density at radius 2 is 1.90 bits per heavy atom. The number of carbonyl (C=O) groups excluding carboxylic acids is 1. The molecule has 1 aliphatic rings. The summed E-state index contributed by atoms with van der Waals surface area (Å²) in [4.78, 5) is 18.1. The summed E-state index contributed by atoms with van der Waals surface area (Å²) in [5.41, 5.74) is 2.51. The molecule has 2 aromatic heterocycles. The van der Waals surface area contributed by atoms with Gasteiger partial charge in [0.15, 0.2) is 5.65 Å².